The average molecular weight is 212 g/mol. The molecule has 2 saturated carbocycles. The monoisotopic (exact) mass is 212 g/mol. The molecule has 2 N–H and O–H groups in total. The molecule has 0 aromatic carbocycles. The van der Waals surface area contributed by atoms with Crippen molar-refractivity contribution in [2.75, 3.05) is 0 Å². The number of hydrogen-bond acceptors (Lipinski definition) is 2. The molecule has 2 heteroatoms. The Morgan fingerprint density at radius 1 is 1.00 bits per heavy atom. The van der Waals surface area contributed by atoms with Crippen molar-refractivity contribution in [3.05, 3.63) is 0 Å². The first-order valence-electron chi connectivity index (χ1n) is 6.12. The Balaban J connectivity index is 2.43. The fourth-order valence-corrected chi connectivity index (χ4v) is 4.15. The number of aliphatic hydroxyl groups excluding tert-OH is 1. The zero-order chi connectivity index (χ0) is 11.5. The Labute approximate surface area is 92.7 Å². The maximum absolute atomic E-state index is 10.5. The lowest BCUT2D eigenvalue weighted by Gasteiger charge is -2.54. The van der Waals surface area contributed by atoms with Gasteiger partial charge < -0.3 is 10.2 Å². The smallest absolute Gasteiger partial charge is 0.0700 e. The Morgan fingerprint density at radius 2 is 1.60 bits per heavy atom. The molecule has 4 atom stereocenters. The Hall–Kier alpha value is -0.0800. The van der Waals surface area contributed by atoms with Crippen LogP contribution in [-0.4, -0.2) is 21.9 Å². The first kappa shape index (κ1) is 11.4. The molecule has 0 spiro atoms. The van der Waals surface area contributed by atoms with Crippen LogP contribution in [-0.2, 0) is 0 Å². The number of rotatable bonds is 0. The molecule has 0 radical (unpaired) electrons. The Morgan fingerprint density at radius 3 is 2.13 bits per heavy atom. The van der Waals surface area contributed by atoms with Gasteiger partial charge in [0.15, 0.2) is 0 Å². The van der Waals surface area contributed by atoms with Crippen LogP contribution in [0.1, 0.15) is 53.4 Å². The molecule has 2 nitrogen and oxygen atoms in total. The third kappa shape index (κ3) is 1.31. The predicted octanol–water partition coefficient (Wildman–Crippen LogP) is 2.33. The lowest BCUT2D eigenvalue weighted by atomic mass is 9.54. The van der Waals surface area contributed by atoms with E-state index in [9.17, 15) is 10.2 Å². The molecule has 0 aromatic rings. The van der Waals surface area contributed by atoms with Gasteiger partial charge in [-0.3, -0.25) is 0 Å². The van der Waals surface area contributed by atoms with Gasteiger partial charge in [-0.1, -0.05) is 20.8 Å². The number of fused-ring (bicyclic) bond motifs is 1. The molecule has 2 rings (SSSR count). The average Bonchev–Trinajstić information content (AvgIpc) is 2.35. The minimum Gasteiger partial charge on any atom is -0.392 e. The molecule has 2 fully saturated rings. The zero-order valence-corrected chi connectivity index (χ0v) is 10.4. The zero-order valence-electron chi connectivity index (χ0n) is 10.4. The van der Waals surface area contributed by atoms with Gasteiger partial charge in [0.1, 0.15) is 0 Å². The molecule has 0 aliphatic heterocycles. The highest BCUT2D eigenvalue weighted by molar-refractivity contribution is 5.12. The van der Waals surface area contributed by atoms with Crippen molar-refractivity contribution < 1.29 is 10.2 Å². The third-order valence-electron chi connectivity index (χ3n) is 5.50. The quantitative estimate of drug-likeness (QED) is 0.647. The van der Waals surface area contributed by atoms with E-state index in [1.807, 2.05) is 6.92 Å². The van der Waals surface area contributed by atoms with Gasteiger partial charge in [0, 0.05) is 5.41 Å². The minimum absolute atomic E-state index is 0.258. The molecule has 15 heavy (non-hydrogen) atoms. The molecule has 0 bridgehead atoms. The second-order valence-corrected chi connectivity index (χ2v) is 6.69. The van der Waals surface area contributed by atoms with Crippen molar-refractivity contribution >= 4 is 0 Å². The molecule has 2 aliphatic carbocycles. The number of aliphatic hydroxyl groups is 2. The van der Waals surface area contributed by atoms with Crippen molar-refractivity contribution in [1.29, 1.82) is 0 Å². The first-order valence-corrected chi connectivity index (χ1v) is 6.12. The van der Waals surface area contributed by atoms with Gasteiger partial charge in [-0.15, -0.1) is 0 Å². The Kier molecular flexibility index (Phi) is 2.27. The van der Waals surface area contributed by atoms with E-state index >= 15 is 0 Å². The van der Waals surface area contributed by atoms with Crippen LogP contribution in [0.25, 0.3) is 0 Å². The fourth-order valence-electron chi connectivity index (χ4n) is 4.15. The van der Waals surface area contributed by atoms with Gasteiger partial charge >= 0.3 is 0 Å². The highest BCUT2D eigenvalue weighted by atomic mass is 16.3. The van der Waals surface area contributed by atoms with Crippen molar-refractivity contribution in [2.45, 2.75) is 65.1 Å². The summed E-state index contributed by atoms with van der Waals surface area (Å²) < 4.78 is 0. The van der Waals surface area contributed by atoms with E-state index in [0.29, 0.717) is 5.92 Å². The molecule has 0 heterocycles. The summed E-state index contributed by atoms with van der Waals surface area (Å²) in [5, 5.41) is 20.7. The van der Waals surface area contributed by atoms with Crippen molar-refractivity contribution in [3.8, 4) is 0 Å². The normalized spacial score (nSPS) is 54.0. The number of hydrogen-bond donors (Lipinski definition) is 2. The lowest BCUT2D eigenvalue weighted by Crippen LogP contribution is -2.56. The van der Waals surface area contributed by atoms with Gasteiger partial charge in [-0.05, 0) is 43.9 Å². The van der Waals surface area contributed by atoms with Crippen LogP contribution in [0.3, 0.4) is 0 Å². The second-order valence-electron chi connectivity index (χ2n) is 6.69. The Bertz CT molecular complexity index is 270. The molecule has 88 valence electrons. The summed E-state index contributed by atoms with van der Waals surface area (Å²) >= 11 is 0. The summed E-state index contributed by atoms with van der Waals surface area (Å²) in [7, 11) is 0. The summed E-state index contributed by atoms with van der Waals surface area (Å²) in [6, 6.07) is 0. The SMILES string of the molecule is CC1(C)CC[C@H](O)[C@]2(C)C1CC[C@@]2(C)O. The van der Waals surface area contributed by atoms with E-state index < -0.39 is 5.60 Å². The van der Waals surface area contributed by atoms with Crippen LogP contribution in [0.4, 0.5) is 0 Å². The van der Waals surface area contributed by atoms with Crippen LogP contribution in [0.15, 0.2) is 0 Å². The van der Waals surface area contributed by atoms with Gasteiger partial charge in [-0.25, -0.2) is 0 Å². The summed E-state index contributed by atoms with van der Waals surface area (Å²) in [6.07, 6.45) is 3.44. The largest absolute Gasteiger partial charge is 0.392 e. The topological polar surface area (TPSA) is 40.5 Å². The van der Waals surface area contributed by atoms with Gasteiger partial charge in [0.2, 0.25) is 0 Å². The highest BCUT2D eigenvalue weighted by Crippen LogP contribution is 2.62. The predicted molar refractivity (Wildman–Crippen MR) is 60.5 cm³/mol. The van der Waals surface area contributed by atoms with Gasteiger partial charge in [-0.2, -0.15) is 0 Å². The van der Waals surface area contributed by atoms with E-state index in [2.05, 4.69) is 20.8 Å². The summed E-state index contributed by atoms with van der Waals surface area (Å²) in [4.78, 5) is 0. The van der Waals surface area contributed by atoms with Crippen LogP contribution < -0.4 is 0 Å². The molecule has 2 aliphatic rings. The summed E-state index contributed by atoms with van der Waals surface area (Å²) in [6.45, 7) is 8.54. The van der Waals surface area contributed by atoms with Gasteiger partial charge in [0.25, 0.3) is 0 Å². The van der Waals surface area contributed by atoms with Crippen LogP contribution in [0, 0.1) is 16.7 Å². The molecule has 0 amide bonds. The molecular formula is C13H24O2. The van der Waals surface area contributed by atoms with Crippen LogP contribution in [0.2, 0.25) is 0 Å². The van der Waals surface area contributed by atoms with Gasteiger partial charge in [0.05, 0.1) is 11.7 Å². The molecule has 0 saturated heterocycles. The molecule has 1 unspecified atom stereocenters. The summed E-state index contributed by atoms with van der Waals surface area (Å²) in [5.41, 5.74) is -0.752. The van der Waals surface area contributed by atoms with Crippen molar-refractivity contribution in [3.63, 3.8) is 0 Å². The lowest BCUT2D eigenvalue weighted by molar-refractivity contribution is -0.167. The van der Waals surface area contributed by atoms with E-state index in [1.54, 1.807) is 0 Å². The first-order chi connectivity index (χ1) is 6.72. The van der Waals surface area contributed by atoms with E-state index in [0.717, 1.165) is 25.7 Å². The molecular weight excluding hydrogens is 188 g/mol. The standard InChI is InChI=1S/C13H24O2/c1-11(2)7-6-10(14)13(4)9(11)5-8-12(13,3)15/h9-10,14-15H,5-8H2,1-4H3/t9?,10-,12+,13-/m0/s1. The third-order valence-corrected chi connectivity index (χ3v) is 5.50. The maximum Gasteiger partial charge on any atom is 0.0700 e. The van der Waals surface area contributed by atoms with Crippen molar-refractivity contribution in [2.24, 2.45) is 16.7 Å². The second kappa shape index (κ2) is 2.98. The maximum atomic E-state index is 10.5. The van der Waals surface area contributed by atoms with E-state index in [1.165, 1.54) is 0 Å². The minimum atomic E-state index is -0.700. The van der Waals surface area contributed by atoms with E-state index in [4.69, 9.17) is 0 Å². The van der Waals surface area contributed by atoms with E-state index in [-0.39, 0.29) is 16.9 Å². The van der Waals surface area contributed by atoms with Crippen LogP contribution >= 0.6 is 0 Å². The summed E-state index contributed by atoms with van der Waals surface area (Å²) in [5.74, 6) is 0.448. The van der Waals surface area contributed by atoms with Crippen molar-refractivity contribution in [1.82, 2.24) is 0 Å². The molecule has 0 aromatic heterocycles. The van der Waals surface area contributed by atoms with Crippen LogP contribution in [0.5, 0.6) is 0 Å². The highest BCUT2D eigenvalue weighted by Gasteiger charge is 2.63. The fraction of sp³-hybridized carbons (Fsp3) is 1.00.